The van der Waals surface area contributed by atoms with Gasteiger partial charge in [-0.15, -0.1) is 11.6 Å². The van der Waals surface area contributed by atoms with Crippen LogP contribution >= 0.6 is 11.6 Å². The molecular weight excluding hydrogens is 172 g/mol. The number of hydrogen-bond donors (Lipinski definition) is 0. The van der Waals surface area contributed by atoms with Gasteiger partial charge in [-0.25, -0.2) is 0 Å². The molecule has 0 aromatic carbocycles. The molecule has 0 amide bonds. The lowest BCUT2D eigenvalue weighted by Gasteiger charge is -2.07. The highest BCUT2D eigenvalue weighted by Crippen LogP contribution is 2.32. The number of hydrogen-bond acceptors (Lipinski definition) is 1. The fraction of sp³-hybridized carbons (Fsp3) is 1.00. The molecule has 0 spiro atoms. The highest BCUT2D eigenvalue weighted by atomic mass is 35.5. The molecule has 0 saturated heterocycles. The first kappa shape index (κ1) is 10.3. The normalized spacial score (nSPS) is 29.5. The minimum atomic E-state index is 0.460. The van der Waals surface area contributed by atoms with Crippen molar-refractivity contribution in [2.45, 2.75) is 44.4 Å². The Hall–Kier alpha value is 0.250. The summed E-state index contributed by atoms with van der Waals surface area (Å²) < 4.78 is 5.29. The highest BCUT2D eigenvalue weighted by molar-refractivity contribution is 6.20. The molecule has 0 aromatic heterocycles. The Bertz CT molecular complexity index is 116. The fourth-order valence-electron chi connectivity index (χ4n) is 1.89. The Balaban J connectivity index is 1.93. The molecule has 1 fully saturated rings. The zero-order chi connectivity index (χ0) is 8.81. The number of alkyl halides is 1. The molecule has 1 nitrogen and oxygen atoms in total. The predicted molar refractivity (Wildman–Crippen MR) is 52.7 cm³/mol. The van der Waals surface area contributed by atoms with Crippen LogP contribution in [0.4, 0.5) is 0 Å². The van der Waals surface area contributed by atoms with Crippen molar-refractivity contribution in [1.82, 2.24) is 0 Å². The zero-order valence-electron chi connectivity index (χ0n) is 7.89. The van der Waals surface area contributed by atoms with E-state index in [1.54, 1.807) is 0 Å². The second-order valence-electron chi connectivity index (χ2n) is 3.62. The monoisotopic (exact) mass is 190 g/mol. The fourth-order valence-corrected chi connectivity index (χ4v) is 2.27. The molecule has 2 heteroatoms. The van der Waals surface area contributed by atoms with Crippen LogP contribution in [0.15, 0.2) is 0 Å². The Kier molecular flexibility index (Phi) is 5.01. The van der Waals surface area contributed by atoms with Gasteiger partial charge in [0.05, 0.1) is 0 Å². The number of halogens is 1. The minimum absolute atomic E-state index is 0.460. The Labute approximate surface area is 80.4 Å². The molecule has 0 radical (unpaired) electrons. The summed E-state index contributed by atoms with van der Waals surface area (Å²) in [5, 5.41) is 0.460. The molecule has 0 bridgehead atoms. The third-order valence-electron chi connectivity index (χ3n) is 2.58. The molecule has 72 valence electrons. The van der Waals surface area contributed by atoms with Crippen LogP contribution in [0, 0.1) is 5.92 Å². The van der Waals surface area contributed by atoms with Crippen molar-refractivity contribution in [1.29, 1.82) is 0 Å². The van der Waals surface area contributed by atoms with Crippen molar-refractivity contribution < 1.29 is 4.74 Å². The van der Waals surface area contributed by atoms with Crippen LogP contribution in [0.5, 0.6) is 0 Å². The topological polar surface area (TPSA) is 9.23 Å². The average Bonchev–Trinajstić information content (AvgIpc) is 2.45. The summed E-state index contributed by atoms with van der Waals surface area (Å²) in [6, 6.07) is 0. The van der Waals surface area contributed by atoms with Gasteiger partial charge in [0.25, 0.3) is 0 Å². The number of ether oxygens (including phenoxy) is 1. The molecule has 1 aliphatic rings. The van der Waals surface area contributed by atoms with E-state index < -0.39 is 0 Å². The van der Waals surface area contributed by atoms with Crippen molar-refractivity contribution in [3.8, 4) is 0 Å². The summed E-state index contributed by atoms with van der Waals surface area (Å²) in [5.41, 5.74) is 0. The maximum Gasteiger partial charge on any atom is 0.0465 e. The van der Waals surface area contributed by atoms with Crippen LogP contribution in [0.1, 0.15) is 39.0 Å². The maximum atomic E-state index is 6.02. The summed E-state index contributed by atoms with van der Waals surface area (Å²) >= 11 is 6.02. The first-order chi connectivity index (χ1) is 5.83. The minimum Gasteiger partial charge on any atom is -0.382 e. The Morgan fingerprint density at radius 1 is 1.42 bits per heavy atom. The van der Waals surface area contributed by atoms with Gasteiger partial charge in [-0.2, -0.15) is 0 Å². The molecule has 1 aliphatic carbocycles. The molecule has 0 heterocycles. The second-order valence-corrected chi connectivity index (χ2v) is 4.23. The van der Waals surface area contributed by atoms with Gasteiger partial charge >= 0.3 is 0 Å². The summed E-state index contributed by atoms with van der Waals surface area (Å²) in [4.78, 5) is 0. The molecule has 1 saturated carbocycles. The molecule has 0 aromatic rings. The van der Waals surface area contributed by atoms with Crippen molar-refractivity contribution in [2.24, 2.45) is 5.92 Å². The van der Waals surface area contributed by atoms with Crippen molar-refractivity contribution >= 4 is 11.6 Å². The van der Waals surface area contributed by atoms with Crippen LogP contribution < -0.4 is 0 Å². The van der Waals surface area contributed by atoms with Gasteiger partial charge in [-0.1, -0.05) is 0 Å². The standard InChI is InChI=1S/C10H19ClO/c1-2-12-7-3-4-9-5-6-10(11)8-9/h9-10H,2-8H2,1H3. The van der Waals surface area contributed by atoms with Crippen molar-refractivity contribution in [3.63, 3.8) is 0 Å². The van der Waals surface area contributed by atoms with Crippen LogP contribution in [0.25, 0.3) is 0 Å². The van der Waals surface area contributed by atoms with E-state index in [-0.39, 0.29) is 0 Å². The third kappa shape index (κ3) is 3.77. The van der Waals surface area contributed by atoms with E-state index in [9.17, 15) is 0 Å². The first-order valence-corrected chi connectivity index (χ1v) is 5.48. The molecule has 0 N–H and O–H groups in total. The summed E-state index contributed by atoms with van der Waals surface area (Å²) in [6.45, 7) is 3.83. The largest absolute Gasteiger partial charge is 0.382 e. The zero-order valence-corrected chi connectivity index (χ0v) is 8.65. The maximum absolute atomic E-state index is 6.02. The van der Waals surface area contributed by atoms with E-state index in [1.807, 2.05) is 6.92 Å². The Morgan fingerprint density at radius 3 is 2.83 bits per heavy atom. The van der Waals surface area contributed by atoms with Gasteiger partial charge in [0.2, 0.25) is 0 Å². The van der Waals surface area contributed by atoms with E-state index in [0.29, 0.717) is 5.38 Å². The summed E-state index contributed by atoms with van der Waals surface area (Å²) in [6.07, 6.45) is 6.31. The summed E-state index contributed by atoms with van der Waals surface area (Å²) in [5.74, 6) is 0.882. The van der Waals surface area contributed by atoms with Gasteiger partial charge in [0.1, 0.15) is 0 Å². The SMILES string of the molecule is CCOCCCC1CCC(Cl)C1. The quantitative estimate of drug-likeness (QED) is 0.478. The van der Waals surface area contributed by atoms with Crippen molar-refractivity contribution in [3.05, 3.63) is 0 Å². The van der Waals surface area contributed by atoms with Crippen molar-refractivity contribution in [2.75, 3.05) is 13.2 Å². The first-order valence-electron chi connectivity index (χ1n) is 5.04. The molecule has 0 aliphatic heterocycles. The summed E-state index contributed by atoms with van der Waals surface area (Å²) in [7, 11) is 0. The average molecular weight is 191 g/mol. The van der Waals surface area contributed by atoms with Crippen LogP contribution in [-0.4, -0.2) is 18.6 Å². The van der Waals surface area contributed by atoms with Crippen LogP contribution in [0.3, 0.4) is 0 Å². The smallest absolute Gasteiger partial charge is 0.0465 e. The van der Waals surface area contributed by atoms with Gasteiger partial charge in [0.15, 0.2) is 0 Å². The predicted octanol–water partition coefficient (Wildman–Crippen LogP) is 3.21. The number of rotatable bonds is 5. The lowest BCUT2D eigenvalue weighted by Crippen LogP contribution is -1.99. The molecular formula is C10H19ClO. The molecule has 2 atom stereocenters. The van der Waals surface area contributed by atoms with Gasteiger partial charge < -0.3 is 4.74 Å². The lowest BCUT2D eigenvalue weighted by molar-refractivity contribution is 0.139. The second kappa shape index (κ2) is 5.82. The lowest BCUT2D eigenvalue weighted by atomic mass is 10.0. The Morgan fingerprint density at radius 2 is 2.25 bits per heavy atom. The third-order valence-corrected chi connectivity index (χ3v) is 2.98. The van der Waals surface area contributed by atoms with Crippen LogP contribution in [0.2, 0.25) is 0 Å². The van der Waals surface area contributed by atoms with E-state index in [1.165, 1.54) is 32.1 Å². The van der Waals surface area contributed by atoms with E-state index in [2.05, 4.69) is 0 Å². The van der Waals surface area contributed by atoms with E-state index in [0.717, 1.165) is 19.1 Å². The highest BCUT2D eigenvalue weighted by Gasteiger charge is 2.21. The van der Waals surface area contributed by atoms with Gasteiger partial charge in [0, 0.05) is 18.6 Å². The van der Waals surface area contributed by atoms with Gasteiger partial charge in [-0.05, 0) is 44.9 Å². The van der Waals surface area contributed by atoms with Crippen LogP contribution in [-0.2, 0) is 4.74 Å². The molecule has 2 unspecified atom stereocenters. The molecule has 12 heavy (non-hydrogen) atoms. The molecule has 1 rings (SSSR count). The van der Waals surface area contributed by atoms with E-state index in [4.69, 9.17) is 16.3 Å². The van der Waals surface area contributed by atoms with E-state index >= 15 is 0 Å². The van der Waals surface area contributed by atoms with Gasteiger partial charge in [-0.3, -0.25) is 0 Å².